The number of aryl methyl sites for hydroxylation is 1. The van der Waals surface area contributed by atoms with Crippen LogP contribution < -0.4 is 11.1 Å². The summed E-state index contributed by atoms with van der Waals surface area (Å²) in [6.07, 6.45) is 5.27. The van der Waals surface area contributed by atoms with Crippen molar-refractivity contribution in [2.45, 2.75) is 30.9 Å². The van der Waals surface area contributed by atoms with Crippen LogP contribution in [0.3, 0.4) is 0 Å². The first-order chi connectivity index (χ1) is 10.2. The SMILES string of the molecule is CCc1ccc(NC(N)=NCC2(SC)CCOCC2)cc1.I. The molecule has 1 fully saturated rings. The Morgan fingerprint density at radius 3 is 2.50 bits per heavy atom. The summed E-state index contributed by atoms with van der Waals surface area (Å²) in [5, 5.41) is 3.16. The van der Waals surface area contributed by atoms with Gasteiger partial charge < -0.3 is 15.8 Å². The Hall–Kier alpha value is -0.470. The fraction of sp³-hybridized carbons (Fsp3) is 0.562. The molecule has 0 aromatic heterocycles. The van der Waals surface area contributed by atoms with Crippen LogP contribution in [0, 0.1) is 0 Å². The summed E-state index contributed by atoms with van der Waals surface area (Å²) in [7, 11) is 0. The molecule has 1 aromatic carbocycles. The van der Waals surface area contributed by atoms with Crippen LogP contribution in [0.25, 0.3) is 0 Å². The largest absolute Gasteiger partial charge is 0.381 e. The average Bonchev–Trinajstić information content (AvgIpc) is 2.54. The van der Waals surface area contributed by atoms with E-state index in [1.807, 2.05) is 23.9 Å². The van der Waals surface area contributed by atoms with Crippen LogP contribution in [-0.4, -0.2) is 36.7 Å². The van der Waals surface area contributed by atoms with Gasteiger partial charge in [0.2, 0.25) is 0 Å². The second-order valence-electron chi connectivity index (χ2n) is 5.38. The first-order valence-electron chi connectivity index (χ1n) is 7.46. The van der Waals surface area contributed by atoms with Crippen molar-refractivity contribution in [3.8, 4) is 0 Å². The Balaban J connectivity index is 0.00000242. The minimum atomic E-state index is 0. The van der Waals surface area contributed by atoms with E-state index in [2.05, 4.69) is 35.6 Å². The van der Waals surface area contributed by atoms with E-state index in [0.29, 0.717) is 5.96 Å². The zero-order valence-corrected chi connectivity index (χ0v) is 16.4. The summed E-state index contributed by atoms with van der Waals surface area (Å²) < 4.78 is 5.62. The van der Waals surface area contributed by atoms with Gasteiger partial charge in [0.25, 0.3) is 0 Å². The third kappa shape index (κ3) is 5.62. The van der Waals surface area contributed by atoms with E-state index in [4.69, 9.17) is 10.5 Å². The maximum Gasteiger partial charge on any atom is 0.193 e. The maximum atomic E-state index is 6.01. The molecule has 1 heterocycles. The monoisotopic (exact) mass is 435 g/mol. The van der Waals surface area contributed by atoms with Crippen LogP contribution in [-0.2, 0) is 11.2 Å². The van der Waals surface area contributed by atoms with Crippen molar-refractivity contribution < 1.29 is 4.74 Å². The number of anilines is 1. The molecule has 1 aliphatic heterocycles. The number of rotatable bonds is 5. The highest BCUT2D eigenvalue weighted by Crippen LogP contribution is 2.33. The smallest absolute Gasteiger partial charge is 0.193 e. The Bertz CT molecular complexity index is 473. The molecular formula is C16H26IN3OS. The summed E-state index contributed by atoms with van der Waals surface area (Å²) in [4.78, 5) is 4.54. The summed E-state index contributed by atoms with van der Waals surface area (Å²) in [5.74, 6) is 0.485. The Labute approximate surface area is 154 Å². The molecule has 0 saturated carbocycles. The minimum Gasteiger partial charge on any atom is -0.381 e. The molecule has 0 aliphatic carbocycles. The van der Waals surface area contributed by atoms with Crippen molar-refractivity contribution in [1.82, 2.24) is 0 Å². The molecule has 6 heteroatoms. The highest BCUT2D eigenvalue weighted by molar-refractivity contribution is 14.0. The molecule has 0 radical (unpaired) electrons. The molecular weight excluding hydrogens is 409 g/mol. The van der Waals surface area contributed by atoms with Crippen molar-refractivity contribution in [2.24, 2.45) is 10.7 Å². The molecule has 0 unspecified atom stereocenters. The van der Waals surface area contributed by atoms with Gasteiger partial charge in [-0.3, -0.25) is 4.99 Å². The fourth-order valence-electron chi connectivity index (χ4n) is 2.41. The van der Waals surface area contributed by atoms with E-state index in [0.717, 1.165) is 44.7 Å². The lowest BCUT2D eigenvalue weighted by molar-refractivity contribution is 0.0794. The number of guanidine groups is 1. The Kier molecular flexibility index (Phi) is 8.56. The van der Waals surface area contributed by atoms with Gasteiger partial charge in [-0.2, -0.15) is 11.8 Å². The van der Waals surface area contributed by atoms with Gasteiger partial charge in [-0.15, -0.1) is 24.0 Å². The van der Waals surface area contributed by atoms with Gasteiger partial charge in [0, 0.05) is 23.6 Å². The van der Waals surface area contributed by atoms with Gasteiger partial charge >= 0.3 is 0 Å². The van der Waals surface area contributed by atoms with E-state index in [1.165, 1.54) is 5.56 Å². The molecule has 0 amide bonds. The van der Waals surface area contributed by atoms with Crippen LogP contribution in [0.2, 0.25) is 0 Å². The molecule has 0 spiro atoms. The number of hydrogen-bond donors (Lipinski definition) is 2. The highest BCUT2D eigenvalue weighted by atomic mass is 127. The average molecular weight is 435 g/mol. The lowest BCUT2D eigenvalue weighted by atomic mass is 9.99. The lowest BCUT2D eigenvalue weighted by Gasteiger charge is -2.34. The predicted octanol–water partition coefficient (Wildman–Crippen LogP) is 3.51. The zero-order chi connectivity index (χ0) is 15.1. The first kappa shape index (κ1) is 19.6. The number of nitrogens with zero attached hydrogens (tertiary/aromatic N) is 1. The van der Waals surface area contributed by atoms with Crippen molar-refractivity contribution in [3.63, 3.8) is 0 Å². The van der Waals surface area contributed by atoms with Gasteiger partial charge in [-0.05, 0) is 43.2 Å². The standard InChI is InChI=1S/C16H25N3OS.HI/c1-3-13-4-6-14(7-5-13)19-15(17)18-12-16(21-2)8-10-20-11-9-16;/h4-7H,3,8-12H2,1-2H3,(H3,17,18,19);1H. The van der Waals surface area contributed by atoms with Crippen LogP contribution in [0.1, 0.15) is 25.3 Å². The number of benzene rings is 1. The van der Waals surface area contributed by atoms with Crippen LogP contribution in [0.15, 0.2) is 29.3 Å². The third-order valence-corrected chi connectivity index (χ3v) is 5.41. The van der Waals surface area contributed by atoms with Crippen LogP contribution in [0.4, 0.5) is 5.69 Å². The van der Waals surface area contributed by atoms with Crippen molar-refractivity contribution in [3.05, 3.63) is 29.8 Å². The quantitative estimate of drug-likeness (QED) is 0.422. The van der Waals surface area contributed by atoms with Crippen LogP contribution in [0.5, 0.6) is 0 Å². The Morgan fingerprint density at radius 2 is 1.95 bits per heavy atom. The Morgan fingerprint density at radius 1 is 1.32 bits per heavy atom. The number of ether oxygens (including phenoxy) is 1. The summed E-state index contributed by atoms with van der Waals surface area (Å²) in [6.45, 7) is 4.53. The molecule has 3 N–H and O–H groups in total. The summed E-state index contributed by atoms with van der Waals surface area (Å²) in [6, 6.07) is 8.30. The molecule has 2 rings (SSSR count). The van der Waals surface area contributed by atoms with Crippen molar-refractivity contribution in [1.29, 1.82) is 0 Å². The van der Waals surface area contributed by atoms with Gasteiger partial charge in [-0.25, -0.2) is 0 Å². The molecule has 0 atom stereocenters. The molecule has 0 bridgehead atoms. The summed E-state index contributed by atoms with van der Waals surface area (Å²) >= 11 is 1.88. The van der Waals surface area contributed by atoms with Gasteiger partial charge in [0.15, 0.2) is 5.96 Å². The number of aliphatic imine (C=N–C) groups is 1. The molecule has 1 aromatic rings. The van der Waals surface area contributed by atoms with E-state index in [-0.39, 0.29) is 28.7 Å². The van der Waals surface area contributed by atoms with E-state index in [1.54, 1.807) is 0 Å². The molecule has 124 valence electrons. The normalized spacial score (nSPS) is 17.6. The predicted molar refractivity (Wildman–Crippen MR) is 108 cm³/mol. The van der Waals surface area contributed by atoms with Crippen molar-refractivity contribution >= 4 is 47.4 Å². The third-order valence-electron chi connectivity index (χ3n) is 4.01. The van der Waals surface area contributed by atoms with Gasteiger partial charge in [-0.1, -0.05) is 19.1 Å². The van der Waals surface area contributed by atoms with Gasteiger partial charge in [0.05, 0.1) is 6.54 Å². The maximum absolute atomic E-state index is 6.01. The number of nitrogens with one attached hydrogen (secondary N) is 1. The van der Waals surface area contributed by atoms with Gasteiger partial charge in [0.1, 0.15) is 0 Å². The number of thioether (sulfide) groups is 1. The zero-order valence-electron chi connectivity index (χ0n) is 13.3. The highest BCUT2D eigenvalue weighted by Gasteiger charge is 2.31. The minimum absolute atomic E-state index is 0. The van der Waals surface area contributed by atoms with E-state index >= 15 is 0 Å². The first-order valence-corrected chi connectivity index (χ1v) is 8.69. The second-order valence-corrected chi connectivity index (χ2v) is 6.65. The fourth-order valence-corrected chi connectivity index (χ4v) is 3.18. The molecule has 1 saturated heterocycles. The molecule has 4 nitrogen and oxygen atoms in total. The topological polar surface area (TPSA) is 59.6 Å². The molecule has 22 heavy (non-hydrogen) atoms. The van der Waals surface area contributed by atoms with E-state index in [9.17, 15) is 0 Å². The van der Waals surface area contributed by atoms with Crippen LogP contribution >= 0.6 is 35.7 Å². The number of hydrogen-bond acceptors (Lipinski definition) is 3. The number of nitrogens with two attached hydrogens (primary N) is 1. The number of halogens is 1. The molecule has 1 aliphatic rings. The summed E-state index contributed by atoms with van der Waals surface area (Å²) in [5.41, 5.74) is 8.31. The van der Waals surface area contributed by atoms with Crippen molar-refractivity contribution in [2.75, 3.05) is 31.3 Å². The second kappa shape index (κ2) is 9.62. The lowest BCUT2D eigenvalue weighted by Crippen LogP contribution is -2.37. The van der Waals surface area contributed by atoms with E-state index < -0.39 is 0 Å².